The van der Waals surface area contributed by atoms with Crippen molar-refractivity contribution in [1.29, 1.82) is 0 Å². The molecule has 0 aromatic heterocycles. The van der Waals surface area contributed by atoms with E-state index in [1.165, 1.54) is 0 Å². The second-order valence-electron chi connectivity index (χ2n) is 6.99. The van der Waals surface area contributed by atoms with E-state index in [1.54, 1.807) is 6.08 Å². The fourth-order valence-electron chi connectivity index (χ4n) is 2.01. The van der Waals surface area contributed by atoms with Gasteiger partial charge in [0, 0.05) is 13.0 Å². The molecule has 0 heterocycles. The summed E-state index contributed by atoms with van der Waals surface area (Å²) >= 11 is 0. The van der Waals surface area contributed by atoms with Crippen molar-refractivity contribution >= 4 is 10.1 Å². The summed E-state index contributed by atoms with van der Waals surface area (Å²) in [6.07, 6.45) is -15.1. The minimum absolute atomic E-state index is 0.583. The van der Waals surface area contributed by atoms with E-state index in [1.807, 2.05) is 0 Å². The second kappa shape index (κ2) is 11.5. The topological polar surface area (TPSA) is 80.4 Å². The molecule has 3 N–H and O–H groups in total. The summed E-state index contributed by atoms with van der Waals surface area (Å²) in [4.78, 5) is 0. The van der Waals surface area contributed by atoms with Gasteiger partial charge in [0.15, 0.2) is 6.17 Å². The predicted molar refractivity (Wildman–Crippen MR) is 90.2 cm³/mol. The van der Waals surface area contributed by atoms with Gasteiger partial charge < -0.3 is 5.73 Å². The van der Waals surface area contributed by atoms with Gasteiger partial charge in [0.05, 0.1) is 0 Å². The first-order valence-corrected chi connectivity index (χ1v) is 10.4. The van der Waals surface area contributed by atoms with Crippen LogP contribution in [0.2, 0.25) is 0 Å². The van der Waals surface area contributed by atoms with Crippen molar-refractivity contribution in [3.05, 3.63) is 12.7 Å². The Hall–Kier alpha value is -1.65. The number of nitrogens with two attached hydrogens (primary N) is 1. The van der Waals surface area contributed by atoms with Crippen LogP contribution in [0.15, 0.2) is 12.7 Å². The third-order valence-electron chi connectivity index (χ3n) is 4.16. The van der Waals surface area contributed by atoms with Gasteiger partial charge in [-0.05, 0) is 12.8 Å². The van der Waals surface area contributed by atoms with E-state index in [2.05, 4.69) is 6.58 Å². The van der Waals surface area contributed by atoms with Crippen molar-refractivity contribution in [3.63, 3.8) is 0 Å². The van der Waals surface area contributed by atoms with Gasteiger partial charge in [0.25, 0.3) is 0 Å². The third-order valence-corrected chi connectivity index (χ3v) is 5.07. The summed E-state index contributed by atoms with van der Waals surface area (Å²) < 4.78 is 263. The minimum Gasteiger partial charge on any atom is -0.327 e. The van der Waals surface area contributed by atoms with Crippen LogP contribution in [0.5, 0.6) is 0 Å². The van der Waals surface area contributed by atoms with E-state index >= 15 is 0 Å². The number of hydrogen-bond donors (Lipinski definition) is 2. The standard InChI is InChI=1S/C12H8F18O3S.C3H7N/c13-4(2-1-3-5(14,15)16)6(17,18)7(19,20)8(21,22)9(23,24)10(25,26)11(27,28)12(29,30)34(31,32)33;1-2-3-4/h4H,1-3H2,(H,31,32,33);2H,1,3-4H2. The maximum absolute atomic E-state index is 13.5. The van der Waals surface area contributed by atoms with Gasteiger partial charge in [-0.2, -0.15) is 83.1 Å². The molecule has 4 nitrogen and oxygen atoms in total. The molecule has 0 amide bonds. The van der Waals surface area contributed by atoms with Crippen LogP contribution in [0, 0.1) is 0 Å². The fourth-order valence-corrected chi connectivity index (χ4v) is 2.46. The van der Waals surface area contributed by atoms with Gasteiger partial charge in [-0.1, -0.05) is 6.08 Å². The Labute approximate surface area is 200 Å². The summed E-state index contributed by atoms with van der Waals surface area (Å²) in [6.45, 7) is 3.94. The average molecular weight is 631 g/mol. The molecule has 23 heteroatoms. The average Bonchev–Trinajstić information content (AvgIpc) is 2.71. The Morgan fingerprint density at radius 1 is 0.711 bits per heavy atom. The Balaban J connectivity index is 0. The van der Waals surface area contributed by atoms with Crippen molar-refractivity contribution in [2.24, 2.45) is 5.73 Å². The van der Waals surface area contributed by atoms with Crippen LogP contribution in [-0.4, -0.2) is 72.7 Å². The summed E-state index contributed by atoms with van der Waals surface area (Å²) in [5, 5.41) is -7.80. The minimum atomic E-state index is -8.74. The van der Waals surface area contributed by atoms with Crippen molar-refractivity contribution in [1.82, 2.24) is 0 Å². The molecule has 0 bridgehead atoms. The predicted octanol–water partition coefficient (Wildman–Crippen LogP) is 6.48. The lowest BCUT2D eigenvalue weighted by molar-refractivity contribution is -0.439. The number of rotatable bonds is 12. The highest BCUT2D eigenvalue weighted by molar-refractivity contribution is 7.87. The van der Waals surface area contributed by atoms with Crippen LogP contribution >= 0.6 is 0 Å². The summed E-state index contributed by atoms with van der Waals surface area (Å²) in [5.41, 5.74) is 4.91. The summed E-state index contributed by atoms with van der Waals surface area (Å²) in [6, 6.07) is 0. The molecule has 0 aromatic carbocycles. The Kier molecular flexibility index (Phi) is 11.6. The zero-order valence-corrected chi connectivity index (χ0v) is 18.6. The Morgan fingerprint density at radius 3 is 1.32 bits per heavy atom. The summed E-state index contributed by atoms with van der Waals surface area (Å²) in [5.74, 6) is -49.9. The first-order valence-electron chi connectivity index (χ1n) is 8.93. The molecule has 0 spiro atoms. The molecule has 0 aliphatic carbocycles. The lowest BCUT2D eigenvalue weighted by Crippen LogP contribution is -2.74. The van der Waals surface area contributed by atoms with E-state index < -0.39 is 82.5 Å². The fraction of sp³-hybridized carbons (Fsp3) is 0.867. The number of halogens is 18. The molecular formula is C15H15F18NO3S. The largest absolute Gasteiger partial charge is 0.438 e. The molecule has 0 saturated carbocycles. The van der Waals surface area contributed by atoms with Gasteiger partial charge in [-0.3, -0.25) is 4.55 Å². The van der Waals surface area contributed by atoms with Crippen LogP contribution in [-0.2, 0) is 10.1 Å². The van der Waals surface area contributed by atoms with Gasteiger partial charge in [0.2, 0.25) is 0 Å². The third kappa shape index (κ3) is 6.73. The van der Waals surface area contributed by atoms with E-state index in [0.717, 1.165) is 0 Å². The van der Waals surface area contributed by atoms with Crippen LogP contribution in [0.1, 0.15) is 19.3 Å². The quantitative estimate of drug-likeness (QED) is 0.147. The molecule has 0 saturated heterocycles. The van der Waals surface area contributed by atoms with Crippen LogP contribution in [0.4, 0.5) is 79.0 Å². The van der Waals surface area contributed by atoms with E-state index in [-0.39, 0.29) is 0 Å². The Morgan fingerprint density at radius 2 is 1.03 bits per heavy atom. The number of alkyl halides is 18. The van der Waals surface area contributed by atoms with E-state index in [4.69, 9.17) is 10.3 Å². The van der Waals surface area contributed by atoms with Gasteiger partial charge in [-0.15, -0.1) is 6.58 Å². The molecule has 0 aliphatic rings. The zero-order valence-electron chi connectivity index (χ0n) is 17.7. The molecule has 38 heavy (non-hydrogen) atoms. The van der Waals surface area contributed by atoms with Crippen LogP contribution in [0.3, 0.4) is 0 Å². The molecule has 230 valence electrons. The molecule has 0 aliphatic heterocycles. The molecule has 1 unspecified atom stereocenters. The molecule has 0 aromatic rings. The first-order chi connectivity index (χ1) is 16.3. The van der Waals surface area contributed by atoms with Gasteiger partial charge >= 0.3 is 57.1 Å². The van der Waals surface area contributed by atoms with Crippen LogP contribution < -0.4 is 5.73 Å². The Bertz CT molecular complexity index is 899. The van der Waals surface area contributed by atoms with Crippen molar-refractivity contribution in [2.75, 3.05) is 6.54 Å². The maximum atomic E-state index is 13.5. The highest BCUT2D eigenvalue weighted by Gasteiger charge is 2.94. The van der Waals surface area contributed by atoms with E-state index in [0.29, 0.717) is 6.54 Å². The first kappa shape index (κ1) is 38.5. The van der Waals surface area contributed by atoms with Gasteiger partial charge in [0.1, 0.15) is 0 Å². The molecule has 0 radical (unpaired) electrons. The lowest BCUT2D eigenvalue weighted by atomic mass is 9.89. The van der Waals surface area contributed by atoms with Gasteiger partial charge in [-0.25, -0.2) is 4.39 Å². The van der Waals surface area contributed by atoms with Crippen molar-refractivity contribution in [2.45, 2.75) is 72.4 Å². The highest BCUT2D eigenvalue weighted by Crippen LogP contribution is 2.63. The SMILES string of the molecule is C=CCN.O=S(=O)(O)C(F)(F)C(F)(F)C(F)(F)C(F)(F)C(F)(F)C(F)(F)C(F)(F)C(F)CCCC(F)(F)F. The van der Waals surface area contributed by atoms with E-state index in [9.17, 15) is 87.4 Å². The van der Waals surface area contributed by atoms with Crippen LogP contribution in [0.25, 0.3) is 0 Å². The zero-order chi connectivity index (χ0) is 31.6. The maximum Gasteiger partial charge on any atom is 0.438 e. The number of hydrogen-bond acceptors (Lipinski definition) is 3. The normalized spacial score (nSPS) is 16.0. The second-order valence-corrected chi connectivity index (χ2v) is 8.45. The van der Waals surface area contributed by atoms with Crippen molar-refractivity contribution in [3.8, 4) is 0 Å². The summed E-state index contributed by atoms with van der Waals surface area (Å²) in [7, 11) is -7.88. The van der Waals surface area contributed by atoms with Crippen molar-refractivity contribution < 1.29 is 92.0 Å². The smallest absolute Gasteiger partial charge is 0.327 e. The molecule has 1 atom stereocenters. The molecular weight excluding hydrogens is 616 g/mol. The molecule has 0 fully saturated rings. The lowest BCUT2D eigenvalue weighted by Gasteiger charge is -2.42. The monoisotopic (exact) mass is 631 g/mol. The molecule has 0 rings (SSSR count). The highest BCUT2D eigenvalue weighted by atomic mass is 32.2.